The van der Waals surface area contributed by atoms with Crippen molar-refractivity contribution in [2.24, 2.45) is 0 Å². The van der Waals surface area contributed by atoms with E-state index in [1.807, 2.05) is 35.9 Å². The van der Waals surface area contributed by atoms with Gasteiger partial charge in [0.15, 0.2) is 0 Å². The highest BCUT2D eigenvalue weighted by atomic mass is 32.2. The molecule has 0 aliphatic heterocycles. The smallest absolute Gasteiger partial charge is 0.328 e. The Morgan fingerprint density at radius 1 is 1.24 bits per heavy atom. The highest BCUT2D eigenvalue weighted by molar-refractivity contribution is 7.94. The SMILES string of the molecule is C=C(C)CNC(=O)NS(=O)(=O)C(C)=Cc1ccc(C)cc1. The van der Waals surface area contributed by atoms with Gasteiger partial charge in [-0.3, -0.25) is 0 Å². The predicted molar refractivity (Wildman–Crippen MR) is 85.1 cm³/mol. The molecule has 0 radical (unpaired) electrons. The van der Waals surface area contributed by atoms with Gasteiger partial charge in [0.2, 0.25) is 0 Å². The fourth-order valence-electron chi connectivity index (χ4n) is 1.44. The van der Waals surface area contributed by atoms with E-state index in [1.54, 1.807) is 6.92 Å². The monoisotopic (exact) mass is 308 g/mol. The first kappa shape index (κ1) is 17.0. The van der Waals surface area contributed by atoms with Crippen LogP contribution in [0.1, 0.15) is 25.0 Å². The van der Waals surface area contributed by atoms with Crippen molar-refractivity contribution in [3.8, 4) is 0 Å². The van der Waals surface area contributed by atoms with Gasteiger partial charge in [0, 0.05) is 6.54 Å². The van der Waals surface area contributed by atoms with Gasteiger partial charge in [0.25, 0.3) is 10.0 Å². The number of carbonyl (C=O) groups is 1. The first-order valence-corrected chi connectivity index (χ1v) is 7.89. The molecule has 1 aromatic rings. The molecule has 0 saturated heterocycles. The molecule has 0 aliphatic rings. The average molecular weight is 308 g/mol. The predicted octanol–water partition coefficient (Wildman–Crippen LogP) is 2.56. The van der Waals surface area contributed by atoms with Crippen LogP contribution in [0.25, 0.3) is 6.08 Å². The van der Waals surface area contributed by atoms with E-state index in [9.17, 15) is 13.2 Å². The van der Waals surface area contributed by atoms with Crippen molar-refractivity contribution in [3.05, 3.63) is 52.4 Å². The van der Waals surface area contributed by atoms with Gasteiger partial charge in [-0.05, 0) is 32.4 Å². The van der Waals surface area contributed by atoms with E-state index >= 15 is 0 Å². The molecule has 2 amide bonds. The van der Waals surface area contributed by atoms with Crippen LogP contribution in [-0.4, -0.2) is 21.0 Å². The number of nitrogens with one attached hydrogen (secondary N) is 2. The third-order valence-electron chi connectivity index (χ3n) is 2.65. The molecule has 1 aromatic carbocycles. The lowest BCUT2D eigenvalue weighted by molar-refractivity contribution is 0.246. The third-order valence-corrected chi connectivity index (χ3v) is 4.07. The van der Waals surface area contributed by atoms with E-state index in [0.717, 1.165) is 16.7 Å². The Kier molecular flexibility index (Phi) is 5.72. The Balaban J connectivity index is 2.79. The first-order chi connectivity index (χ1) is 9.70. The summed E-state index contributed by atoms with van der Waals surface area (Å²) < 4.78 is 25.9. The summed E-state index contributed by atoms with van der Waals surface area (Å²) in [4.78, 5) is 11.6. The van der Waals surface area contributed by atoms with Crippen molar-refractivity contribution in [2.75, 3.05) is 6.54 Å². The van der Waals surface area contributed by atoms with Crippen molar-refractivity contribution in [1.82, 2.24) is 10.0 Å². The molecule has 6 heteroatoms. The minimum absolute atomic E-state index is 0.0665. The lowest BCUT2D eigenvalue weighted by atomic mass is 10.1. The van der Waals surface area contributed by atoms with Crippen molar-refractivity contribution in [3.63, 3.8) is 0 Å². The summed E-state index contributed by atoms with van der Waals surface area (Å²) in [5.74, 6) is 0. The zero-order valence-electron chi connectivity index (χ0n) is 12.4. The van der Waals surface area contributed by atoms with E-state index in [0.29, 0.717) is 0 Å². The molecule has 0 bridgehead atoms. The number of rotatable bonds is 5. The van der Waals surface area contributed by atoms with Crippen LogP contribution in [0.15, 0.2) is 41.3 Å². The number of benzene rings is 1. The number of aryl methyl sites for hydroxylation is 1. The van der Waals surface area contributed by atoms with Crippen molar-refractivity contribution in [1.29, 1.82) is 0 Å². The molecule has 0 spiro atoms. The van der Waals surface area contributed by atoms with Crippen LogP contribution < -0.4 is 10.0 Å². The minimum Gasteiger partial charge on any atom is -0.334 e. The molecule has 1 rings (SSSR count). The first-order valence-electron chi connectivity index (χ1n) is 6.41. The van der Waals surface area contributed by atoms with Crippen LogP contribution in [0.5, 0.6) is 0 Å². The summed E-state index contributed by atoms with van der Waals surface area (Å²) >= 11 is 0. The highest BCUT2D eigenvalue weighted by Crippen LogP contribution is 2.12. The second-order valence-corrected chi connectivity index (χ2v) is 6.77. The standard InChI is InChI=1S/C15H20N2O3S/c1-11(2)10-16-15(18)17-21(19,20)13(4)9-14-7-5-12(3)6-8-14/h5-9H,1,10H2,2-4H3,(H2,16,17,18). The van der Waals surface area contributed by atoms with Gasteiger partial charge in [-0.15, -0.1) is 0 Å². The molecule has 0 aromatic heterocycles. The molecule has 0 fully saturated rings. The largest absolute Gasteiger partial charge is 0.334 e. The molecular formula is C15H20N2O3S. The summed E-state index contributed by atoms with van der Waals surface area (Å²) in [6, 6.07) is 6.64. The molecule has 5 nitrogen and oxygen atoms in total. The number of carbonyl (C=O) groups excluding carboxylic acids is 1. The average Bonchev–Trinajstić information content (AvgIpc) is 2.38. The zero-order chi connectivity index (χ0) is 16.0. The Labute approximate surface area is 125 Å². The van der Waals surface area contributed by atoms with Crippen LogP contribution in [0.3, 0.4) is 0 Å². The summed E-state index contributed by atoms with van der Waals surface area (Å²) in [6.07, 6.45) is 1.51. The van der Waals surface area contributed by atoms with E-state index in [2.05, 4.69) is 11.9 Å². The lowest BCUT2D eigenvalue weighted by Crippen LogP contribution is -2.40. The normalized spacial score (nSPS) is 11.9. The molecule has 21 heavy (non-hydrogen) atoms. The minimum atomic E-state index is -3.85. The van der Waals surface area contributed by atoms with E-state index in [1.165, 1.54) is 13.0 Å². The Morgan fingerprint density at radius 2 is 1.81 bits per heavy atom. The summed E-state index contributed by atoms with van der Waals surface area (Å²) in [6.45, 7) is 8.96. The summed E-state index contributed by atoms with van der Waals surface area (Å²) in [5.41, 5.74) is 2.57. The fourth-order valence-corrected chi connectivity index (χ4v) is 2.21. The molecule has 0 unspecified atom stereocenters. The van der Waals surface area contributed by atoms with E-state index in [-0.39, 0.29) is 11.4 Å². The number of hydrogen-bond donors (Lipinski definition) is 2. The molecule has 2 N–H and O–H groups in total. The lowest BCUT2D eigenvalue weighted by Gasteiger charge is -2.09. The van der Waals surface area contributed by atoms with Crippen molar-refractivity contribution in [2.45, 2.75) is 20.8 Å². The van der Waals surface area contributed by atoms with Gasteiger partial charge in [0.1, 0.15) is 0 Å². The second-order valence-electron chi connectivity index (χ2n) is 4.91. The van der Waals surface area contributed by atoms with Crippen molar-refractivity contribution < 1.29 is 13.2 Å². The quantitative estimate of drug-likeness (QED) is 0.821. The van der Waals surface area contributed by atoms with Gasteiger partial charge in [-0.2, -0.15) is 0 Å². The van der Waals surface area contributed by atoms with E-state index in [4.69, 9.17) is 0 Å². The second kappa shape index (κ2) is 7.08. The fraction of sp³-hybridized carbons (Fsp3) is 0.267. The van der Waals surface area contributed by atoms with Crippen LogP contribution >= 0.6 is 0 Å². The Hall–Kier alpha value is -2.08. The number of sulfonamides is 1. The van der Waals surface area contributed by atoms with Gasteiger partial charge >= 0.3 is 6.03 Å². The van der Waals surface area contributed by atoms with Crippen LogP contribution in [0.4, 0.5) is 4.79 Å². The zero-order valence-corrected chi connectivity index (χ0v) is 13.3. The van der Waals surface area contributed by atoms with E-state index < -0.39 is 16.1 Å². The van der Waals surface area contributed by atoms with Crippen LogP contribution in [0.2, 0.25) is 0 Å². The number of allylic oxidation sites excluding steroid dienone is 1. The molecule has 0 atom stereocenters. The summed E-state index contributed by atoms with van der Waals surface area (Å²) in [7, 11) is -3.85. The maximum absolute atomic E-state index is 12.0. The van der Waals surface area contributed by atoms with Gasteiger partial charge in [0.05, 0.1) is 4.91 Å². The topological polar surface area (TPSA) is 75.3 Å². The molecule has 0 aliphatic carbocycles. The molecular weight excluding hydrogens is 288 g/mol. The molecule has 0 saturated carbocycles. The Morgan fingerprint density at radius 3 is 2.33 bits per heavy atom. The van der Waals surface area contributed by atoms with Gasteiger partial charge in [-0.25, -0.2) is 17.9 Å². The van der Waals surface area contributed by atoms with Gasteiger partial charge < -0.3 is 5.32 Å². The van der Waals surface area contributed by atoms with Crippen molar-refractivity contribution >= 4 is 22.1 Å². The molecule has 0 heterocycles. The maximum atomic E-state index is 12.0. The molecule has 114 valence electrons. The Bertz CT molecular complexity index is 659. The highest BCUT2D eigenvalue weighted by Gasteiger charge is 2.16. The number of hydrogen-bond acceptors (Lipinski definition) is 3. The maximum Gasteiger partial charge on any atom is 0.328 e. The summed E-state index contributed by atoms with van der Waals surface area (Å²) in [5, 5.41) is 2.41. The van der Waals surface area contributed by atoms with Crippen LogP contribution in [0, 0.1) is 6.92 Å². The number of urea groups is 1. The third kappa shape index (κ3) is 5.83. The van der Waals surface area contributed by atoms with Gasteiger partial charge in [-0.1, -0.05) is 42.0 Å². The van der Waals surface area contributed by atoms with Crippen LogP contribution in [-0.2, 0) is 10.0 Å². The number of amides is 2.